The Morgan fingerprint density at radius 3 is 2.71 bits per heavy atom. The third-order valence-corrected chi connectivity index (χ3v) is 7.52. The molecule has 0 aliphatic heterocycles. The number of carbonyl (C=O) groups excluding carboxylic acids is 1. The summed E-state index contributed by atoms with van der Waals surface area (Å²) in [6.07, 6.45) is 5.18. The summed E-state index contributed by atoms with van der Waals surface area (Å²) < 4.78 is 18.5. The third-order valence-electron chi connectivity index (χ3n) is 6.21. The van der Waals surface area contributed by atoms with Crippen LogP contribution in [0.2, 0.25) is 0 Å². The van der Waals surface area contributed by atoms with Gasteiger partial charge in [0.05, 0.1) is 38.1 Å². The van der Waals surface area contributed by atoms with E-state index in [0.29, 0.717) is 33.2 Å². The van der Waals surface area contributed by atoms with Crippen LogP contribution in [0.1, 0.15) is 29.0 Å². The predicted octanol–water partition coefficient (Wildman–Crippen LogP) is 3.02. The van der Waals surface area contributed by atoms with Gasteiger partial charge in [0.15, 0.2) is 0 Å². The number of thiophene rings is 1. The van der Waals surface area contributed by atoms with Gasteiger partial charge in [0.2, 0.25) is 5.91 Å². The minimum Gasteiger partial charge on any atom is -0.497 e. The molecule has 1 N–H and O–H groups in total. The van der Waals surface area contributed by atoms with E-state index in [-0.39, 0.29) is 19.0 Å². The summed E-state index contributed by atoms with van der Waals surface area (Å²) in [7, 11) is 2.99. The largest absolute Gasteiger partial charge is 0.497 e. The molecule has 10 heteroatoms. The Kier molecular flexibility index (Phi) is 6.21. The summed E-state index contributed by atoms with van der Waals surface area (Å²) in [5.41, 5.74) is 0.274. The van der Waals surface area contributed by atoms with E-state index in [4.69, 9.17) is 13.9 Å². The van der Waals surface area contributed by atoms with Gasteiger partial charge in [0.25, 0.3) is 5.56 Å². The van der Waals surface area contributed by atoms with Crippen molar-refractivity contribution in [2.75, 3.05) is 14.2 Å². The molecule has 0 unspecified atom stereocenters. The molecule has 0 atom stereocenters. The zero-order valence-corrected chi connectivity index (χ0v) is 20.3. The van der Waals surface area contributed by atoms with Crippen LogP contribution in [0.3, 0.4) is 0 Å². The van der Waals surface area contributed by atoms with Crippen LogP contribution in [0.5, 0.6) is 11.5 Å². The molecule has 182 valence electrons. The van der Waals surface area contributed by atoms with Gasteiger partial charge in [-0.1, -0.05) is 0 Å². The zero-order valence-electron chi connectivity index (χ0n) is 19.5. The lowest BCUT2D eigenvalue weighted by molar-refractivity contribution is -0.121. The van der Waals surface area contributed by atoms with E-state index in [1.807, 2.05) is 0 Å². The quantitative estimate of drug-likeness (QED) is 0.423. The highest BCUT2D eigenvalue weighted by Crippen LogP contribution is 2.35. The first kappa shape index (κ1) is 23.0. The Bertz CT molecular complexity index is 1510. The van der Waals surface area contributed by atoms with E-state index >= 15 is 0 Å². The molecule has 0 fully saturated rings. The van der Waals surface area contributed by atoms with E-state index in [2.05, 4.69) is 5.32 Å². The van der Waals surface area contributed by atoms with Crippen LogP contribution in [-0.4, -0.2) is 29.3 Å². The van der Waals surface area contributed by atoms with Crippen LogP contribution in [-0.2, 0) is 30.7 Å². The summed E-state index contributed by atoms with van der Waals surface area (Å²) in [4.78, 5) is 42.0. The number of amides is 1. The highest BCUT2D eigenvalue weighted by atomic mass is 32.1. The molecule has 0 radical (unpaired) electrons. The number of hydrogen-bond acceptors (Lipinski definition) is 7. The molecule has 1 aliphatic rings. The van der Waals surface area contributed by atoms with E-state index in [9.17, 15) is 14.4 Å². The van der Waals surface area contributed by atoms with Gasteiger partial charge < -0.3 is 19.2 Å². The van der Waals surface area contributed by atoms with Crippen molar-refractivity contribution >= 4 is 27.5 Å². The van der Waals surface area contributed by atoms with Gasteiger partial charge in [-0.25, -0.2) is 9.36 Å². The molecule has 1 aliphatic carbocycles. The minimum absolute atomic E-state index is 0.205. The highest BCUT2D eigenvalue weighted by Gasteiger charge is 2.26. The van der Waals surface area contributed by atoms with E-state index in [1.165, 1.54) is 36.4 Å². The second-order valence-electron chi connectivity index (χ2n) is 8.29. The Morgan fingerprint density at radius 1 is 1.14 bits per heavy atom. The molecule has 1 aromatic carbocycles. The van der Waals surface area contributed by atoms with E-state index < -0.39 is 11.2 Å². The smallest absolute Gasteiger partial charge is 0.337 e. The van der Waals surface area contributed by atoms with Crippen molar-refractivity contribution in [1.29, 1.82) is 0 Å². The molecule has 0 saturated carbocycles. The molecule has 0 saturated heterocycles. The first-order valence-electron chi connectivity index (χ1n) is 11.3. The van der Waals surface area contributed by atoms with Gasteiger partial charge in [-0.3, -0.25) is 14.2 Å². The Labute approximate surface area is 204 Å². The number of furan rings is 1. The van der Waals surface area contributed by atoms with Crippen molar-refractivity contribution in [1.82, 2.24) is 14.5 Å². The van der Waals surface area contributed by atoms with Crippen molar-refractivity contribution in [2.24, 2.45) is 0 Å². The van der Waals surface area contributed by atoms with Crippen molar-refractivity contribution in [3.05, 3.63) is 73.6 Å². The molecule has 35 heavy (non-hydrogen) atoms. The molecule has 9 nitrogen and oxygen atoms in total. The fraction of sp³-hybridized carbons (Fsp3) is 0.320. The number of rotatable bonds is 7. The second kappa shape index (κ2) is 9.46. The molecular formula is C25H25N3O6S. The Hall–Kier alpha value is -3.79. The van der Waals surface area contributed by atoms with E-state index in [1.54, 1.807) is 30.3 Å². The normalized spacial score (nSPS) is 13.0. The van der Waals surface area contributed by atoms with Crippen LogP contribution in [0, 0.1) is 0 Å². The van der Waals surface area contributed by atoms with Gasteiger partial charge >= 0.3 is 5.69 Å². The summed E-state index contributed by atoms with van der Waals surface area (Å²) in [6.45, 7) is -0.0230. The Morgan fingerprint density at radius 2 is 1.97 bits per heavy atom. The minimum atomic E-state index is -0.599. The first-order valence-corrected chi connectivity index (χ1v) is 12.1. The zero-order chi connectivity index (χ0) is 24.5. The summed E-state index contributed by atoms with van der Waals surface area (Å²) in [6, 6.07) is 8.40. The lowest BCUT2D eigenvalue weighted by Crippen LogP contribution is -2.41. The van der Waals surface area contributed by atoms with Crippen LogP contribution >= 0.6 is 11.3 Å². The van der Waals surface area contributed by atoms with Crippen molar-refractivity contribution in [3.63, 3.8) is 0 Å². The molecule has 0 bridgehead atoms. The maximum atomic E-state index is 13.8. The highest BCUT2D eigenvalue weighted by molar-refractivity contribution is 7.18. The van der Waals surface area contributed by atoms with Crippen LogP contribution < -0.4 is 26.0 Å². The van der Waals surface area contributed by atoms with E-state index in [0.717, 1.165) is 40.7 Å². The number of fused-ring (bicyclic) bond motifs is 3. The predicted molar refractivity (Wildman–Crippen MR) is 132 cm³/mol. The first-order chi connectivity index (χ1) is 17.0. The number of ether oxygens (including phenoxy) is 2. The topological polar surface area (TPSA) is 105 Å². The maximum Gasteiger partial charge on any atom is 0.337 e. The van der Waals surface area contributed by atoms with Crippen molar-refractivity contribution in [2.45, 2.75) is 38.8 Å². The fourth-order valence-electron chi connectivity index (χ4n) is 4.49. The average molecular weight is 496 g/mol. The van der Waals surface area contributed by atoms with Gasteiger partial charge in [0, 0.05) is 10.9 Å². The molecule has 1 amide bonds. The molecular weight excluding hydrogens is 470 g/mol. The lowest BCUT2D eigenvalue weighted by Gasteiger charge is -2.15. The van der Waals surface area contributed by atoms with Crippen LogP contribution in [0.15, 0.2) is 50.6 Å². The summed E-state index contributed by atoms with van der Waals surface area (Å²) in [5.74, 6) is 1.10. The SMILES string of the molecule is COc1ccc(-n2c(=O)c3c4c(sc3n(CC(=O)NCc3ccco3)c2=O)CCCC4)c(OC)c1. The monoisotopic (exact) mass is 495 g/mol. The third kappa shape index (κ3) is 4.14. The number of carbonyl (C=O) groups is 1. The van der Waals surface area contributed by atoms with Gasteiger partial charge in [-0.05, 0) is 55.5 Å². The average Bonchev–Trinajstić information content (AvgIpc) is 3.53. The van der Waals surface area contributed by atoms with Gasteiger partial charge in [-0.2, -0.15) is 0 Å². The second-order valence-corrected chi connectivity index (χ2v) is 9.38. The molecule has 3 aromatic heterocycles. The molecule has 3 heterocycles. The summed E-state index contributed by atoms with van der Waals surface area (Å²) in [5, 5.41) is 3.28. The maximum absolute atomic E-state index is 13.8. The number of nitrogens with one attached hydrogen (secondary N) is 1. The molecule has 4 aromatic rings. The van der Waals surface area contributed by atoms with Crippen LogP contribution in [0.4, 0.5) is 0 Å². The van der Waals surface area contributed by atoms with Gasteiger partial charge in [-0.15, -0.1) is 11.3 Å². The number of benzene rings is 1. The number of aryl methyl sites for hydroxylation is 2. The Balaban J connectivity index is 1.67. The fourth-order valence-corrected chi connectivity index (χ4v) is 5.86. The number of aromatic nitrogens is 2. The number of hydrogen-bond donors (Lipinski definition) is 1. The van der Waals surface area contributed by atoms with Crippen molar-refractivity contribution < 1.29 is 18.7 Å². The number of methoxy groups -OCH3 is 2. The standard InChI is InChI=1S/C25H25N3O6S/c1-32-15-9-10-18(19(12-15)33-2)28-23(30)22-17-7-3-4-8-20(17)35-24(22)27(25(28)31)14-21(29)26-13-16-6-5-11-34-16/h5-6,9-12H,3-4,7-8,13-14H2,1-2H3,(H,26,29). The summed E-state index contributed by atoms with van der Waals surface area (Å²) >= 11 is 1.43. The lowest BCUT2D eigenvalue weighted by atomic mass is 9.97. The molecule has 5 rings (SSSR count). The molecule has 0 spiro atoms. The van der Waals surface area contributed by atoms with Gasteiger partial charge in [0.1, 0.15) is 28.6 Å². The van der Waals surface area contributed by atoms with Crippen LogP contribution in [0.25, 0.3) is 15.9 Å². The van der Waals surface area contributed by atoms with Crippen molar-refractivity contribution in [3.8, 4) is 17.2 Å². The number of nitrogens with zero attached hydrogens (tertiary/aromatic N) is 2.